The first-order chi connectivity index (χ1) is 12.9. The zero-order valence-corrected chi connectivity index (χ0v) is 15.9. The summed E-state index contributed by atoms with van der Waals surface area (Å²) >= 11 is 2.09. The Morgan fingerprint density at radius 3 is 2.74 bits per heavy atom. The molecule has 0 aliphatic heterocycles. The maximum Gasteiger partial charge on any atom is 0.258 e. The molecule has 0 bridgehead atoms. The van der Waals surface area contributed by atoms with Crippen LogP contribution in [0.2, 0.25) is 0 Å². The van der Waals surface area contributed by atoms with E-state index < -0.39 is 16.9 Å². The number of hydrogen-bond acceptors (Lipinski definition) is 6. The third-order valence-electron chi connectivity index (χ3n) is 3.90. The van der Waals surface area contributed by atoms with Gasteiger partial charge >= 0.3 is 0 Å². The number of nitrogens with zero attached hydrogens (tertiary/aromatic N) is 1. The molecule has 6 nitrogen and oxygen atoms in total. The summed E-state index contributed by atoms with van der Waals surface area (Å²) in [7, 11) is 0. The van der Waals surface area contributed by atoms with Crippen molar-refractivity contribution in [3.8, 4) is 10.4 Å². The number of anilines is 1. The maximum absolute atomic E-state index is 13.1. The monoisotopic (exact) mass is 405 g/mol. The number of aliphatic hydroxyl groups excluding tert-OH is 1. The number of amides is 2. The first-order valence-corrected chi connectivity index (χ1v) is 9.60. The van der Waals surface area contributed by atoms with E-state index in [2.05, 4.69) is 10.3 Å². The Kier molecular flexibility index (Phi) is 5.64. The van der Waals surface area contributed by atoms with E-state index in [1.54, 1.807) is 31.2 Å². The van der Waals surface area contributed by atoms with Gasteiger partial charge in [-0.05, 0) is 25.0 Å². The van der Waals surface area contributed by atoms with Gasteiger partial charge in [-0.2, -0.15) is 4.39 Å². The van der Waals surface area contributed by atoms with Gasteiger partial charge in [0, 0.05) is 21.9 Å². The molecule has 0 spiro atoms. The molecule has 0 atom stereocenters. The normalized spacial score (nSPS) is 10.8. The largest absolute Gasteiger partial charge is 0.396 e. The van der Waals surface area contributed by atoms with Crippen molar-refractivity contribution in [2.75, 3.05) is 11.9 Å². The minimum Gasteiger partial charge on any atom is -0.396 e. The molecule has 3 aromatic rings. The van der Waals surface area contributed by atoms with Gasteiger partial charge in [-0.1, -0.05) is 29.5 Å². The first-order valence-electron chi connectivity index (χ1n) is 7.96. The van der Waals surface area contributed by atoms with Crippen LogP contribution in [0.5, 0.6) is 0 Å². The van der Waals surface area contributed by atoms with Gasteiger partial charge < -0.3 is 10.8 Å². The number of halogens is 1. The van der Waals surface area contributed by atoms with Crippen LogP contribution in [-0.4, -0.2) is 28.5 Å². The highest BCUT2D eigenvalue weighted by Crippen LogP contribution is 2.35. The number of carbonyl (C=O) groups is 2. The summed E-state index contributed by atoms with van der Waals surface area (Å²) in [5.74, 6) is -0.999. The number of hydrogen-bond donors (Lipinski definition) is 3. The second-order valence-electron chi connectivity index (χ2n) is 5.68. The molecule has 2 aromatic heterocycles. The lowest BCUT2D eigenvalue weighted by Gasteiger charge is -2.10. The number of benzene rings is 1. The summed E-state index contributed by atoms with van der Waals surface area (Å²) in [6.45, 7) is 1.68. The summed E-state index contributed by atoms with van der Waals surface area (Å²) in [6, 6.07) is 6.94. The van der Waals surface area contributed by atoms with E-state index in [-0.39, 0.29) is 11.7 Å². The molecule has 0 unspecified atom stereocenters. The molecule has 0 aliphatic rings. The number of thiophene rings is 1. The second-order valence-corrected chi connectivity index (χ2v) is 7.92. The minimum atomic E-state index is -0.593. The molecule has 9 heteroatoms. The van der Waals surface area contributed by atoms with Crippen molar-refractivity contribution in [1.82, 2.24) is 4.98 Å². The standard InChI is InChI=1S/C18H16FN3O3S2/c1-9-12(17(25)22-18-21-8-14(19)27-18)7-13(26-9)11-4-2-3-10(5-6-23)15(11)16(20)24/h2-4,7-8,23H,5-6H2,1H3,(H2,20,24)(H,21,22,25). The van der Waals surface area contributed by atoms with Gasteiger partial charge in [0.05, 0.1) is 17.3 Å². The molecule has 2 heterocycles. The minimum absolute atomic E-state index is 0.106. The second kappa shape index (κ2) is 7.95. The molecule has 0 radical (unpaired) electrons. The van der Waals surface area contributed by atoms with E-state index in [1.807, 2.05) is 0 Å². The van der Waals surface area contributed by atoms with E-state index in [4.69, 9.17) is 5.73 Å². The zero-order valence-electron chi connectivity index (χ0n) is 14.3. The Bertz CT molecular complexity index is 1010. The van der Waals surface area contributed by atoms with Crippen LogP contribution >= 0.6 is 22.7 Å². The highest BCUT2D eigenvalue weighted by molar-refractivity contribution is 7.16. The van der Waals surface area contributed by atoms with Crippen LogP contribution < -0.4 is 11.1 Å². The predicted molar refractivity (Wildman–Crippen MR) is 104 cm³/mol. The lowest BCUT2D eigenvalue weighted by Crippen LogP contribution is -2.16. The smallest absolute Gasteiger partial charge is 0.258 e. The molecule has 140 valence electrons. The number of thiazole rings is 1. The third-order valence-corrected chi connectivity index (χ3v) is 5.69. The van der Waals surface area contributed by atoms with E-state index >= 15 is 0 Å². The number of aryl methyl sites for hydroxylation is 1. The van der Waals surface area contributed by atoms with Crippen molar-refractivity contribution in [3.63, 3.8) is 0 Å². The molecule has 1 aromatic carbocycles. The van der Waals surface area contributed by atoms with Gasteiger partial charge in [-0.25, -0.2) is 4.98 Å². The fraction of sp³-hybridized carbons (Fsp3) is 0.167. The lowest BCUT2D eigenvalue weighted by molar-refractivity contribution is 0.0997. The SMILES string of the molecule is Cc1sc(-c2cccc(CCO)c2C(N)=O)cc1C(=O)Nc1ncc(F)s1. The predicted octanol–water partition coefficient (Wildman–Crippen LogP) is 3.21. The molecular formula is C18H16FN3O3S2. The van der Waals surface area contributed by atoms with Crippen LogP contribution in [-0.2, 0) is 6.42 Å². The van der Waals surface area contributed by atoms with E-state index in [1.165, 1.54) is 11.3 Å². The summed E-state index contributed by atoms with van der Waals surface area (Å²) in [5.41, 5.74) is 7.56. The van der Waals surface area contributed by atoms with Crippen LogP contribution in [0.3, 0.4) is 0 Å². The zero-order chi connectivity index (χ0) is 19.6. The Labute approximate surface area is 162 Å². The van der Waals surface area contributed by atoms with Gasteiger partial charge in [-0.3, -0.25) is 14.9 Å². The molecule has 0 saturated carbocycles. The highest BCUT2D eigenvalue weighted by Gasteiger charge is 2.20. The fourth-order valence-electron chi connectivity index (χ4n) is 2.74. The Morgan fingerprint density at radius 2 is 2.11 bits per heavy atom. The summed E-state index contributed by atoms with van der Waals surface area (Å²) in [5, 5.41) is 11.5. The molecule has 2 amide bonds. The van der Waals surface area contributed by atoms with Crippen molar-refractivity contribution in [1.29, 1.82) is 0 Å². The van der Waals surface area contributed by atoms with Gasteiger partial charge in [0.15, 0.2) is 10.3 Å². The van der Waals surface area contributed by atoms with Crippen LogP contribution in [0.25, 0.3) is 10.4 Å². The molecular weight excluding hydrogens is 389 g/mol. The Hall–Kier alpha value is -2.62. The van der Waals surface area contributed by atoms with Gasteiger partial charge in [0.25, 0.3) is 5.91 Å². The number of nitrogens with one attached hydrogen (secondary N) is 1. The fourth-order valence-corrected chi connectivity index (χ4v) is 4.33. The molecule has 0 aliphatic carbocycles. The number of aromatic nitrogens is 1. The topological polar surface area (TPSA) is 105 Å². The molecule has 4 N–H and O–H groups in total. The summed E-state index contributed by atoms with van der Waals surface area (Å²) in [6.07, 6.45) is 1.34. The first kappa shape index (κ1) is 19.2. The van der Waals surface area contributed by atoms with E-state index in [0.29, 0.717) is 33.6 Å². The number of aliphatic hydroxyl groups is 1. The number of nitrogens with two attached hydrogens (primary N) is 1. The Balaban J connectivity index is 1.98. The highest BCUT2D eigenvalue weighted by atomic mass is 32.1. The van der Waals surface area contributed by atoms with Crippen molar-refractivity contribution in [2.24, 2.45) is 5.73 Å². The van der Waals surface area contributed by atoms with Crippen LogP contribution in [0.15, 0.2) is 30.5 Å². The average molecular weight is 405 g/mol. The quantitative estimate of drug-likeness (QED) is 0.586. The lowest BCUT2D eigenvalue weighted by atomic mass is 9.97. The van der Waals surface area contributed by atoms with Crippen molar-refractivity contribution in [3.05, 3.63) is 57.2 Å². The number of carbonyl (C=O) groups excluding carboxylic acids is 2. The third kappa shape index (κ3) is 4.05. The van der Waals surface area contributed by atoms with Crippen LogP contribution in [0.1, 0.15) is 31.2 Å². The van der Waals surface area contributed by atoms with Gasteiger partial charge in [0.2, 0.25) is 5.91 Å². The Morgan fingerprint density at radius 1 is 1.33 bits per heavy atom. The molecule has 27 heavy (non-hydrogen) atoms. The maximum atomic E-state index is 13.1. The molecule has 3 rings (SSSR count). The summed E-state index contributed by atoms with van der Waals surface area (Å²) in [4.78, 5) is 29.7. The van der Waals surface area contributed by atoms with Crippen molar-refractivity contribution in [2.45, 2.75) is 13.3 Å². The van der Waals surface area contributed by atoms with Gasteiger partial charge in [0.1, 0.15) is 0 Å². The molecule has 0 fully saturated rings. The van der Waals surface area contributed by atoms with Crippen molar-refractivity contribution >= 4 is 39.6 Å². The van der Waals surface area contributed by atoms with Crippen LogP contribution in [0, 0.1) is 12.1 Å². The van der Waals surface area contributed by atoms with Crippen molar-refractivity contribution < 1.29 is 19.1 Å². The number of rotatable bonds is 6. The van der Waals surface area contributed by atoms with E-state index in [9.17, 15) is 19.1 Å². The average Bonchev–Trinajstić information content (AvgIpc) is 3.20. The molecule has 0 saturated heterocycles. The summed E-state index contributed by atoms with van der Waals surface area (Å²) < 4.78 is 13.1. The number of primary amides is 1. The van der Waals surface area contributed by atoms with Gasteiger partial charge in [-0.15, -0.1) is 11.3 Å². The van der Waals surface area contributed by atoms with E-state index in [0.717, 1.165) is 22.4 Å². The van der Waals surface area contributed by atoms with Crippen LogP contribution in [0.4, 0.5) is 9.52 Å².